The summed E-state index contributed by atoms with van der Waals surface area (Å²) in [5.74, 6) is 0. The highest BCUT2D eigenvalue weighted by atomic mass is 127. The van der Waals surface area contributed by atoms with Crippen molar-refractivity contribution < 1.29 is 0 Å². The maximum absolute atomic E-state index is 5.84. The van der Waals surface area contributed by atoms with Crippen molar-refractivity contribution in [2.75, 3.05) is 0 Å². The number of halogens is 2. The van der Waals surface area contributed by atoms with E-state index in [4.69, 9.17) is 11.6 Å². The van der Waals surface area contributed by atoms with Crippen LogP contribution in [-0.2, 0) is 0 Å². The minimum absolute atomic E-state index is 0.476. The molecule has 1 aromatic rings. The van der Waals surface area contributed by atoms with Crippen LogP contribution in [0.2, 0.25) is 0 Å². The number of H-pyrrole nitrogens is 1. The number of hydrogen-bond donors (Lipinski definition) is 1. The third-order valence-corrected chi connectivity index (χ3v) is 4.54. The van der Waals surface area contributed by atoms with Crippen LogP contribution in [0.5, 0.6) is 0 Å². The van der Waals surface area contributed by atoms with Gasteiger partial charge in [0.1, 0.15) is 3.70 Å². The van der Waals surface area contributed by atoms with E-state index < -0.39 is 0 Å². The van der Waals surface area contributed by atoms with E-state index in [-0.39, 0.29) is 0 Å². The monoisotopic (exact) mass is 338 g/mol. The molecule has 1 aromatic heterocycles. The Balaban J connectivity index is 2.01. The van der Waals surface area contributed by atoms with Crippen LogP contribution in [0.25, 0.3) is 0 Å². The van der Waals surface area contributed by atoms with Gasteiger partial charge in [0.05, 0.1) is 11.1 Å². The summed E-state index contributed by atoms with van der Waals surface area (Å²) < 4.78 is 1.10. The van der Waals surface area contributed by atoms with Crippen LogP contribution in [0.15, 0.2) is 34.4 Å². The van der Waals surface area contributed by atoms with Gasteiger partial charge in [-0.15, -0.1) is 11.8 Å². The lowest BCUT2D eigenvalue weighted by Gasteiger charge is -2.12. The molecule has 0 aromatic carbocycles. The van der Waals surface area contributed by atoms with Crippen molar-refractivity contribution >= 4 is 46.0 Å². The zero-order valence-electron chi connectivity index (χ0n) is 7.21. The normalized spacial score (nSPS) is 21.0. The average Bonchev–Trinajstić information content (AvgIpc) is 2.56. The van der Waals surface area contributed by atoms with Gasteiger partial charge in [-0.25, -0.2) is 0 Å². The van der Waals surface area contributed by atoms with E-state index in [0.717, 1.165) is 15.2 Å². The summed E-state index contributed by atoms with van der Waals surface area (Å²) in [6.07, 6.45) is 8.99. The number of nitrogens with one attached hydrogen (secondary N) is 1. The third kappa shape index (κ3) is 2.55. The highest BCUT2D eigenvalue weighted by Gasteiger charge is 2.12. The maximum Gasteiger partial charge on any atom is 0.109 e. The van der Waals surface area contributed by atoms with E-state index in [1.807, 2.05) is 30.1 Å². The summed E-state index contributed by atoms with van der Waals surface area (Å²) in [5, 5.41) is 8.21. The van der Waals surface area contributed by atoms with Gasteiger partial charge in [0.15, 0.2) is 0 Å². The number of aromatic nitrogens is 2. The molecule has 1 heterocycles. The van der Waals surface area contributed by atoms with E-state index in [9.17, 15) is 0 Å². The van der Waals surface area contributed by atoms with Crippen molar-refractivity contribution in [1.82, 2.24) is 10.2 Å². The summed E-state index contributed by atoms with van der Waals surface area (Å²) in [7, 11) is 0. The smallest absolute Gasteiger partial charge is 0.109 e. The predicted molar refractivity (Wildman–Crippen MR) is 68.6 cm³/mol. The van der Waals surface area contributed by atoms with Crippen molar-refractivity contribution in [3.8, 4) is 0 Å². The van der Waals surface area contributed by atoms with Crippen molar-refractivity contribution in [2.45, 2.75) is 16.6 Å². The van der Waals surface area contributed by atoms with E-state index in [2.05, 4.69) is 38.9 Å². The summed E-state index contributed by atoms with van der Waals surface area (Å²) >= 11 is 9.90. The van der Waals surface area contributed by atoms with E-state index >= 15 is 0 Å². The molecule has 0 amide bonds. The van der Waals surface area contributed by atoms with Crippen molar-refractivity contribution in [2.24, 2.45) is 0 Å². The molecule has 1 aliphatic carbocycles. The molecular weight excluding hydrogens is 331 g/mol. The van der Waals surface area contributed by atoms with Crippen molar-refractivity contribution in [1.29, 1.82) is 0 Å². The molecule has 0 fully saturated rings. The molecule has 0 bridgehead atoms. The Morgan fingerprint density at radius 1 is 1.64 bits per heavy atom. The number of rotatable bonds is 2. The highest BCUT2D eigenvalue weighted by Crippen LogP contribution is 2.31. The molecule has 0 spiro atoms. The molecule has 2 nitrogen and oxygen atoms in total. The molecule has 5 heteroatoms. The van der Waals surface area contributed by atoms with Gasteiger partial charge in [0, 0.05) is 10.3 Å². The maximum atomic E-state index is 5.84. The summed E-state index contributed by atoms with van der Waals surface area (Å²) in [5.41, 5.74) is 0. The van der Waals surface area contributed by atoms with E-state index in [0.29, 0.717) is 5.25 Å². The number of hydrogen-bond acceptors (Lipinski definition) is 2. The molecule has 1 N–H and O–H groups in total. The van der Waals surface area contributed by atoms with Gasteiger partial charge in [-0.3, -0.25) is 5.10 Å². The van der Waals surface area contributed by atoms with E-state index in [1.165, 1.54) is 4.90 Å². The Labute approximate surface area is 105 Å². The first-order valence-electron chi connectivity index (χ1n) is 4.15. The van der Waals surface area contributed by atoms with Gasteiger partial charge < -0.3 is 0 Å². The van der Waals surface area contributed by atoms with Crippen molar-refractivity contribution in [3.63, 3.8) is 0 Å². The van der Waals surface area contributed by atoms with Gasteiger partial charge in [0.25, 0.3) is 0 Å². The molecule has 0 saturated heterocycles. The first-order chi connectivity index (χ1) is 6.75. The fourth-order valence-electron chi connectivity index (χ4n) is 1.17. The predicted octanol–water partition coefficient (Wildman–Crippen LogP) is 3.56. The van der Waals surface area contributed by atoms with Crippen LogP contribution < -0.4 is 0 Å². The fraction of sp³-hybridized carbons (Fsp3) is 0.222. The molecule has 14 heavy (non-hydrogen) atoms. The highest BCUT2D eigenvalue weighted by molar-refractivity contribution is 14.1. The zero-order valence-corrected chi connectivity index (χ0v) is 10.9. The lowest BCUT2D eigenvalue weighted by Crippen LogP contribution is -1.99. The minimum atomic E-state index is 0.476. The third-order valence-electron chi connectivity index (χ3n) is 1.85. The Hall–Kier alpha value is 0.0600. The second-order valence-corrected chi connectivity index (χ2v) is 5.68. The average molecular weight is 339 g/mol. The Kier molecular flexibility index (Phi) is 3.57. The standard InChI is InChI=1S/C9H8ClIN2S/c10-6-1-3-7(4-2-6)14-8-5-12-13-9(8)11/h1-3,5,7H,4H2,(H,12,13). The second kappa shape index (κ2) is 4.72. The minimum Gasteiger partial charge on any atom is -0.271 e. The lowest BCUT2D eigenvalue weighted by molar-refractivity contribution is 1.05. The number of aromatic amines is 1. The summed E-state index contributed by atoms with van der Waals surface area (Å²) in [4.78, 5) is 1.20. The number of allylic oxidation sites excluding steroid dienone is 3. The molecule has 1 atom stereocenters. The van der Waals surface area contributed by atoms with Crippen LogP contribution in [0.4, 0.5) is 0 Å². The summed E-state index contributed by atoms with van der Waals surface area (Å²) in [6, 6.07) is 0. The Morgan fingerprint density at radius 3 is 3.07 bits per heavy atom. The van der Waals surface area contributed by atoms with Gasteiger partial charge in [-0.05, 0) is 35.1 Å². The Bertz CT molecular complexity index is 386. The Morgan fingerprint density at radius 2 is 2.50 bits per heavy atom. The van der Waals surface area contributed by atoms with Gasteiger partial charge in [-0.2, -0.15) is 5.10 Å². The molecule has 0 saturated carbocycles. The molecule has 1 unspecified atom stereocenters. The molecule has 1 aliphatic rings. The molecule has 2 rings (SSSR count). The van der Waals surface area contributed by atoms with E-state index in [1.54, 1.807) is 0 Å². The SMILES string of the molecule is ClC1=CCC(Sc2cn[nH]c2I)C=C1. The van der Waals surface area contributed by atoms with Crippen LogP contribution in [0.3, 0.4) is 0 Å². The van der Waals surface area contributed by atoms with Gasteiger partial charge >= 0.3 is 0 Å². The molecule has 74 valence electrons. The van der Waals surface area contributed by atoms with Gasteiger partial charge in [-0.1, -0.05) is 23.8 Å². The van der Waals surface area contributed by atoms with Crippen LogP contribution in [0, 0.1) is 3.70 Å². The second-order valence-electron chi connectivity index (χ2n) is 2.89. The lowest BCUT2D eigenvalue weighted by atomic mass is 10.2. The zero-order chi connectivity index (χ0) is 9.97. The molecule has 0 aliphatic heterocycles. The molecular formula is C9H8ClIN2S. The molecule has 0 radical (unpaired) electrons. The largest absolute Gasteiger partial charge is 0.271 e. The number of nitrogens with zero attached hydrogens (tertiary/aromatic N) is 1. The quantitative estimate of drug-likeness (QED) is 0.835. The van der Waals surface area contributed by atoms with Crippen LogP contribution in [0.1, 0.15) is 6.42 Å². The van der Waals surface area contributed by atoms with Crippen LogP contribution in [-0.4, -0.2) is 15.4 Å². The van der Waals surface area contributed by atoms with Gasteiger partial charge in [0.2, 0.25) is 0 Å². The summed E-state index contributed by atoms with van der Waals surface area (Å²) in [6.45, 7) is 0. The van der Waals surface area contributed by atoms with Crippen molar-refractivity contribution in [3.05, 3.63) is 33.2 Å². The first kappa shape index (κ1) is 10.6. The fourth-order valence-corrected chi connectivity index (χ4v) is 2.93. The first-order valence-corrected chi connectivity index (χ1v) is 6.49. The van der Waals surface area contributed by atoms with Crippen LogP contribution >= 0.6 is 46.0 Å². The number of thioether (sulfide) groups is 1. The topological polar surface area (TPSA) is 28.7 Å².